The summed E-state index contributed by atoms with van der Waals surface area (Å²) in [5.74, 6) is -0.0310. The number of rotatable bonds is 7. The van der Waals surface area contributed by atoms with E-state index >= 15 is 0 Å². The number of thiazole rings is 1. The Morgan fingerprint density at radius 1 is 1.13 bits per heavy atom. The van der Waals surface area contributed by atoms with Crippen LogP contribution in [0.5, 0.6) is 5.75 Å². The minimum Gasteiger partial charge on any atom is -0.497 e. The van der Waals surface area contributed by atoms with Gasteiger partial charge in [0.05, 0.1) is 22.2 Å². The first kappa shape index (κ1) is 20.0. The van der Waals surface area contributed by atoms with E-state index in [1.807, 2.05) is 6.07 Å². The second-order valence-electron chi connectivity index (χ2n) is 6.10. The summed E-state index contributed by atoms with van der Waals surface area (Å²) in [6.45, 7) is 0. The Balaban J connectivity index is 1.58. The van der Waals surface area contributed by atoms with Crippen LogP contribution >= 0.6 is 11.3 Å². The molecule has 2 aromatic carbocycles. The molecule has 31 heavy (non-hydrogen) atoms. The number of nitrogens with zero attached hydrogens (tertiary/aromatic N) is 4. The van der Waals surface area contributed by atoms with E-state index in [0.717, 1.165) is 11.0 Å². The van der Waals surface area contributed by atoms with Crippen molar-refractivity contribution in [2.45, 2.75) is 0 Å². The van der Waals surface area contributed by atoms with Crippen molar-refractivity contribution in [3.8, 4) is 5.75 Å². The summed E-state index contributed by atoms with van der Waals surface area (Å²) in [5, 5.41) is 15.0. The molecule has 0 radical (unpaired) electrons. The summed E-state index contributed by atoms with van der Waals surface area (Å²) in [4.78, 5) is 35.5. The number of hydrogen-bond donors (Lipinski definition) is 3. The van der Waals surface area contributed by atoms with E-state index in [9.17, 15) is 14.9 Å². The van der Waals surface area contributed by atoms with Gasteiger partial charge in [-0.05, 0) is 30.3 Å². The highest BCUT2D eigenvalue weighted by Crippen LogP contribution is 2.34. The van der Waals surface area contributed by atoms with Crippen LogP contribution in [-0.4, -0.2) is 32.9 Å². The number of benzene rings is 2. The van der Waals surface area contributed by atoms with Crippen LogP contribution in [-0.2, 0) is 0 Å². The molecule has 0 aliphatic carbocycles. The number of ether oxygens (including phenoxy) is 1. The third-order valence-electron chi connectivity index (χ3n) is 4.16. The Hall–Kier alpha value is -4.32. The van der Waals surface area contributed by atoms with E-state index in [-0.39, 0.29) is 11.6 Å². The fraction of sp³-hybridized carbons (Fsp3) is 0.0526. The number of hydrogen-bond acceptors (Lipinski definition) is 10. The molecule has 0 aliphatic rings. The maximum atomic E-state index is 12.2. The van der Waals surface area contributed by atoms with Crippen molar-refractivity contribution in [2.24, 2.45) is 0 Å². The van der Waals surface area contributed by atoms with Gasteiger partial charge in [-0.2, -0.15) is 0 Å². The number of nitro groups is 1. The monoisotopic (exact) mass is 437 g/mol. The molecular weight excluding hydrogens is 422 g/mol. The molecule has 0 atom stereocenters. The molecule has 3 N–H and O–H groups in total. The molecule has 4 rings (SSSR count). The zero-order valence-electron chi connectivity index (χ0n) is 16.0. The summed E-state index contributed by atoms with van der Waals surface area (Å²) < 4.78 is 6.04. The van der Waals surface area contributed by atoms with Crippen LogP contribution in [0.15, 0.2) is 54.9 Å². The zero-order valence-corrected chi connectivity index (χ0v) is 16.8. The lowest BCUT2D eigenvalue weighted by atomic mass is 10.2. The van der Waals surface area contributed by atoms with E-state index in [2.05, 4.69) is 31.1 Å². The third-order valence-corrected chi connectivity index (χ3v) is 5.09. The lowest BCUT2D eigenvalue weighted by molar-refractivity contribution is -0.383. The molecule has 0 unspecified atom stereocenters. The third kappa shape index (κ3) is 4.33. The van der Waals surface area contributed by atoms with E-state index in [4.69, 9.17) is 4.74 Å². The van der Waals surface area contributed by atoms with E-state index in [0.29, 0.717) is 22.0 Å². The fourth-order valence-electron chi connectivity index (χ4n) is 2.70. The maximum Gasteiger partial charge on any atom is 0.355 e. The highest BCUT2D eigenvalue weighted by atomic mass is 32.1. The van der Waals surface area contributed by atoms with Crippen LogP contribution in [0, 0.1) is 10.1 Å². The predicted octanol–water partition coefficient (Wildman–Crippen LogP) is 3.50. The molecule has 0 saturated heterocycles. The molecule has 0 bridgehead atoms. The zero-order chi connectivity index (χ0) is 21.8. The van der Waals surface area contributed by atoms with Gasteiger partial charge in [-0.3, -0.25) is 25.8 Å². The lowest BCUT2D eigenvalue weighted by Gasteiger charge is -2.10. The molecule has 11 nitrogen and oxygen atoms in total. The van der Waals surface area contributed by atoms with Gasteiger partial charge < -0.3 is 10.1 Å². The first-order valence-electron chi connectivity index (χ1n) is 8.87. The second-order valence-corrected chi connectivity index (χ2v) is 7.13. The smallest absolute Gasteiger partial charge is 0.355 e. The minimum atomic E-state index is -0.643. The summed E-state index contributed by atoms with van der Waals surface area (Å²) in [6, 6.07) is 13.8. The number of carbonyl (C=O) groups is 1. The quantitative estimate of drug-likeness (QED) is 0.292. The molecular formula is C19H15N7O4S. The summed E-state index contributed by atoms with van der Waals surface area (Å²) >= 11 is 1.29. The number of carbonyl (C=O) groups excluding carboxylic acids is 1. The molecule has 1 amide bonds. The van der Waals surface area contributed by atoms with Crippen LogP contribution in [0.3, 0.4) is 0 Å². The summed E-state index contributed by atoms with van der Waals surface area (Å²) in [6.07, 6.45) is 1.14. The minimum absolute atomic E-state index is 0.0671. The molecule has 0 saturated carbocycles. The first-order valence-corrected chi connectivity index (χ1v) is 9.69. The van der Waals surface area contributed by atoms with E-state index in [1.54, 1.807) is 49.6 Å². The van der Waals surface area contributed by atoms with Crippen molar-refractivity contribution in [1.82, 2.24) is 20.4 Å². The number of hydrazine groups is 1. The van der Waals surface area contributed by atoms with Crippen LogP contribution < -0.4 is 20.9 Å². The molecule has 4 aromatic rings. The number of methoxy groups -OCH3 is 1. The average molecular weight is 437 g/mol. The summed E-state index contributed by atoms with van der Waals surface area (Å²) in [7, 11) is 1.57. The first-order chi connectivity index (χ1) is 15.0. The molecule has 0 aliphatic heterocycles. The van der Waals surface area contributed by atoms with Gasteiger partial charge in [0.25, 0.3) is 5.91 Å². The van der Waals surface area contributed by atoms with Crippen LogP contribution in [0.25, 0.3) is 10.2 Å². The van der Waals surface area contributed by atoms with Crippen LogP contribution in [0.1, 0.15) is 10.4 Å². The Labute approximate surface area is 179 Å². The largest absolute Gasteiger partial charge is 0.497 e. The van der Waals surface area contributed by atoms with Crippen molar-refractivity contribution >= 4 is 49.9 Å². The molecule has 2 heterocycles. The van der Waals surface area contributed by atoms with E-state index in [1.165, 1.54) is 11.3 Å². The van der Waals surface area contributed by atoms with Crippen molar-refractivity contribution in [1.29, 1.82) is 0 Å². The average Bonchev–Trinajstić information content (AvgIpc) is 3.19. The highest BCUT2D eigenvalue weighted by Gasteiger charge is 2.24. The topological polar surface area (TPSA) is 144 Å². The van der Waals surface area contributed by atoms with Gasteiger partial charge in [0, 0.05) is 5.56 Å². The number of fused-ring (bicyclic) bond motifs is 1. The number of nitrogens with one attached hydrogen (secondary N) is 3. The van der Waals surface area contributed by atoms with Crippen molar-refractivity contribution < 1.29 is 14.5 Å². The van der Waals surface area contributed by atoms with Gasteiger partial charge in [0.2, 0.25) is 11.6 Å². The molecule has 0 fully saturated rings. The van der Waals surface area contributed by atoms with E-state index < -0.39 is 16.5 Å². The van der Waals surface area contributed by atoms with Crippen molar-refractivity contribution in [3.63, 3.8) is 0 Å². The van der Waals surface area contributed by atoms with Gasteiger partial charge in [0.15, 0.2) is 5.13 Å². The van der Waals surface area contributed by atoms with Gasteiger partial charge >= 0.3 is 5.69 Å². The predicted molar refractivity (Wildman–Crippen MR) is 116 cm³/mol. The Morgan fingerprint density at radius 2 is 1.90 bits per heavy atom. The molecule has 156 valence electrons. The number of amides is 1. The highest BCUT2D eigenvalue weighted by molar-refractivity contribution is 7.22. The van der Waals surface area contributed by atoms with Gasteiger partial charge in [-0.15, -0.1) is 0 Å². The van der Waals surface area contributed by atoms with Crippen LogP contribution in [0.4, 0.5) is 22.5 Å². The number of aromatic nitrogens is 3. The maximum absolute atomic E-state index is 12.2. The Morgan fingerprint density at radius 3 is 2.65 bits per heavy atom. The standard InChI is InChI=1S/C19H15N7O4S/c1-30-12-7-8-13-14(9-12)31-19(22-13)23-16-15(26(28)29)17(21-10-20-16)24-25-18(27)11-5-3-2-4-6-11/h2-10H,1H3,(H,25,27)(H2,20,21,22,23,24). The Bertz CT molecular complexity index is 1260. The Kier molecular flexibility index (Phi) is 5.53. The lowest BCUT2D eigenvalue weighted by Crippen LogP contribution is -2.30. The van der Waals surface area contributed by atoms with Crippen molar-refractivity contribution in [2.75, 3.05) is 17.9 Å². The normalized spacial score (nSPS) is 10.5. The van der Waals surface area contributed by atoms with Gasteiger partial charge in [-0.1, -0.05) is 29.5 Å². The summed E-state index contributed by atoms with van der Waals surface area (Å²) in [5.41, 5.74) is 5.55. The second kappa shape index (κ2) is 8.59. The molecule has 12 heteroatoms. The molecule has 0 spiro atoms. The SMILES string of the molecule is COc1ccc2nc(Nc3ncnc(NNC(=O)c4ccccc4)c3[N+](=O)[O-])sc2c1. The van der Waals surface area contributed by atoms with Crippen LogP contribution in [0.2, 0.25) is 0 Å². The molecule has 2 aromatic heterocycles. The van der Waals surface area contributed by atoms with Gasteiger partial charge in [-0.25, -0.2) is 15.0 Å². The fourth-order valence-corrected chi connectivity index (χ4v) is 3.59. The van der Waals surface area contributed by atoms with Gasteiger partial charge in [0.1, 0.15) is 12.1 Å². The number of anilines is 3. The van der Waals surface area contributed by atoms with Crippen molar-refractivity contribution in [3.05, 3.63) is 70.5 Å².